The van der Waals surface area contributed by atoms with Gasteiger partial charge in [-0.3, -0.25) is 14.5 Å². The monoisotopic (exact) mass is 580 g/mol. The van der Waals surface area contributed by atoms with E-state index in [4.69, 9.17) is 9.47 Å². The van der Waals surface area contributed by atoms with Crippen LogP contribution < -0.4 is 4.90 Å². The molecule has 0 spiro atoms. The van der Waals surface area contributed by atoms with Crippen molar-refractivity contribution in [3.8, 4) is 0 Å². The van der Waals surface area contributed by atoms with Gasteiger partial charge in [0.2, 0.25) is 0 Å². The number of rotatable bonds is 6. The highest BCUT2D eigenvalue weighted by atomic mass is 16.7. The van der Waals surface area contributed by atoms with E-state index in [-0.39, 0.29) is 30.6 Å². The van der Waals surface area contributed by atoms with E-state index < -0.39 is 6.29 Å². The number of nitrogens with zero attached hydrogens (tertiary/aromatic N) is 2. The number of hydrogen-bond donors (Lipinski definition) is 1. The van der Waals surface area contributed by atoms with Crippen LogP contribution in [-0.4, -0.2) is 47.1 Å². The molecule has 3 fully saturated rings. The van der Waals surface area contributed by atoms with Gasteiger partial charge in [-0.1, -0.05) is 69.3 Å². The molecule has 3 aromatic rings. The minimum Gasteiger partial charge on any atom is -0.392 e. The Labute approximate surface area is 253 Å². The Balaban J connectivity index is 1.17. The van der Waals surface area contributed by atoms with Crippen LogP contribution in [-0.2, 0) is 16.1 Å². The van der Waals surface area contributed by atoms with Crippen LogP contribution in [0.1, 0.15) is 96.3 Å². The molecule has 1 saturated carbocycles. The van der Waals surface area contributed by atoms with Crippen LogP contribution in [0.15, 0.2) is 72.8 Å². The first-order valence-electron chi connectivity index (χ1n) is 15.4. The Morgan fingerprint density at radius 1 is 0.860 bits per heavy atom. The molecule has 7 nitrogen and oxygen atoms in total. The molecule has 2 amide bonds. The minimum absolute atomic E-state index is 0.00374. The number of amides is 2. The number of anilines is 1. The van der Waals surface area contributed by atoms with Crippen molar-refractivity contribution in [1.29, 1.82) is 0 Å². The van der Waals surface area contributed by atoms with Gasteiger partial charge in [0.15, 0.2) is 6.29 Å². The molecule has 2 bridgehead atoms. The standard InChI is InChI=1S/C36H40N2O5/c1-35(2)17-27-18-36(3,21-35)22-37(27)19-28-16-31(24-13-11-23(20-39)12-14-24)43-34(42-28)25-7-6-8-26(15-25)38-32(40)29-9-4-5-10-30(29)33(38)41/h4-15,27-28,31,34,39H,16-22H2,1-3H3/t27?,28-,31+,34+,36?/m1/s1. The zero-order valence-corrected chi connectivity index (χ0v) is 25.2. The van der Waals surface area contributed by atoms with E-state index in [1.54, 1.807) is 30.3 Å². The number of imide groups is 1. The summed E-state index contributed by atoms with van der Waals surface area (Å²) in [5, 5.41) is 9.57. The maximum atomic E-state index is 13.2. The highest BCUT2D eigenvalue weighted by molar-refractivity contribution is 6.34. The van der Waals surface area contributed by atoms with E-state index in [1.807, 2.05) is 42.5 Å². The Kier molecular flexibility index (Phi) is 7.05. The summed E-state index contributed by atoms with van der Waals surface area (Å²) in [5.74, 6) is -0.640. The SMILES string of the molecule is CC1(C)CC2CC(C)(CN2C[C@H]2C[C@@H](c3ccc(CO)cc3)O[C@@H](c3cccc(N4C(=O)c5ccccc5C4=O)c3)O2)C1. The molecule has 3 aromatic carbocycles. The topological polar surface area (TPSA) is 79.3 Å². The number of fused-ring (bicyclic) bond motifs is 3. The maximum absolute atomic E-state index is 13.2. The summed E-state index contributed by atoms with van der Waals surface area (Å²) >= 11 is 0. The highest BCUT2D eigenvalue weighted by Crippen LogP contribution is 2.53. The fraction of sp³-hybridized carbons (Fsp3) is 0.444. The van der Waals surface area contributed by atoms with E-state index in [9.17, 15) is 14.7 Å². The first kappa shape index (κ1) is 28.4. The van der Waals surface area contributed by atoms with Crippen LogP contribution in [0.5, 0.6) is 0 Å². The van der Waals surface area contributed by atoms with Gasteiger partial charge in [0, 0.05) is 31.1 Å². The molecule has 0 aromatic heterocycles. The van der Waals surface area contributed by atoms with Crippen molar-refractivity contribution in [2.45, 2.75) is 77.6 Å². The molecule has 0 radical (unpaired) electrons. The summed E-state index contributed by atoms with van der Waals surface area (Å²) in [7, 11) is 0. The van der Waals surface area contributed by atoms with Crippen molar-refractivity contribution < 1.29 is 24.2 Å². The molecule has 7 rings (SSSR count). The summed E-state index contributed by atoms with van der Waals surface area (Å²) in [6.07, 6.45) is 3.47. The molecular weight excluding hydrogens is 540 g/mol. The minimum atomic E-state index is -0.662. The number of aliphatic hydroxyl groups is 1. The van der Waals surface area contributed by atoms with E-state index in [2.05, 4.69) is 25.7 Å². The van der Waals surface area contributed by atoms with Gasteiger partial charge in [-0.25, -0.2) is 4.90 Å². The third-order valence-electron chi connectivity index (χ3n) is 9.77. The molecule has 1 N–H and O–H groups in total. The average molecular weight is 581 g/mol. The van der Waals surface area contributed by atoms with Crippen molar-refractivity contribution in [2.24, 2.45) is 10.8 Å². The zero-order chi connectivity index (χ0) is 29.9. The van der Waals surface area contributed by atoms with Gasteiger partial charge in [0.1, 0.15) is 0 Å². The van der Waals surface area contributed by atoms with Crippen molar-refractivity contribution >= 4 is 17.5 Å². The van der Waals surface area contributed by atoms with E-state index in [0.29, 0.717) is 33.7 Å². The second-order valence-corrected chi connectivity index (χ2v) is 14.1. The quantitative estimate of drug-likeness (QED) is 0.339. The highest BCUT2D eigenvalue weighted by Gasteiger charge is 2.50. The van der Waals surface area contributed by atoms with Gasteiger partial charge < -0.3 is 14.6 Å². The van der Waals surface area contributed by atoms with Crippen LogP contribution in [0.3, 0.4) is 0 Å². The van der Waals surface area contributed by atoms with Crippen molar-refractivity contribution in [3.63, 3.8) is 0 Å². The van der Waals surface area contributed by atoms with Crippen molar-refractivity contribution in [2.75, 3.05) is 18.0 Å². The number of carbonyl (C=O) groups is 2. The second kappa shape index (κ2) is 10.7. The smallest absolute Gasteiger partial charge is 0.266 e. The first-order chi connectivity index (χ1) is 20.6. The largest absolute Gasteiger partial charge is 0.392 e. The lowest BCUT2D eigenvalue weighted by Crippen LogP contribution is -2.42. The molecule has 43 heavy (non-hydrogen) atoms. The third kappa shape index (κ3) is 5.33. The Bertz CT molecular complexity index is 1520. The number of ether oxygens (including phenoxy) is 2. The summed E-state index contributed by atoms with van der Waals surface area (Å²) < 4.78 is 13.3. The van der Waals surface area contributed by atoms with Crippen LogP contribution in [0, 0.1) is 10.8 Å². The molecule has 2 unspecified atom stereocenters. The van der Waals surface area contributed by atoms with Crippen LogP contribution in [0.4, 0.5) is 5.69 Å². The molecule has 3 aliphatic heterocycles. The lowest BCUT2D eigenvalue weighted by atomic mass is 9.65. The fourth-order valence-corrected chi connectivity index (χ4v) is 8.32. The molecule has 1 aliphatic carbocycles. The molecule has 5 atom stereocenters. The van der Waals surface area contributed by atoms with Crippen molar-refractivity contribution in [1.82, 2.24) is 4.90 Å². The summed E-state index contributed by atoms with van der Waals surface area (Å²) in [6.45, 7) is 9.14. The zero-order valence-electron chi connectivity index (χ0n) is 25.2. The lowest BCUT2D eigenvalue weighted by Gasteiger charge is -2.41. The lowest BCUT2D eigenvalue weighted by molar-refractivity contribution is -0.253. The molecule has 224 valence electrons. The number of likely N-dealkylation sites (tertiary alicyclic amines) is 1. The molecule has 7 heteroatoms. The average Bonchev–Trinajstić information content (AvgIpc) is 3.39. The molecule has 3 heterocycles. The predicted molar refractivity (Wildman–Crippen MR) is 164 cm³/mol. The normalized spacial score (nSPS) is 30.1. The number of benzene rings is 3. The Morgan fingerprint density at radius 3 is 2.28 bits per heavy atom. The van der Waals surface area contributed by atoms with Gasteiger partial charge in [0.25, 0.3) is 11.8 Å². The van der Waals surface area contributed by atoms with Crippen LogP contribution in [0.25, 0.3) is 0 Å². The molecule has 4 aliphatic rings. The summed E-state index contributed by atoms with van der Waals surface area (Å²) in [5.41, 5.74) is 4.68. The van der Waals surface area contributed by atoms with Crippen molar-refractivity contribution in [3.05, 3.63) is 101 Å². The van der Waals surface area contributed by atoms with E-state index in [1.165, 1.54) is 24.2 Å². The van der Waals surface area contributed by atoms with Gasteiger partial charge in [-0.2, -0.15) is 0 Å². The van der Waals surface area contributed by atoms with Gasteiger partial charge in [-0.15, -0.1) is 0 Å². The predicted octanol–water partition coefficient (Wildman–Crippen LogP) is 6.43. The van der Waals surface area contributed by atoms with Gasteiger partial charge in [-0.05, 0) is 65.5 Å². The van der Waals surface area contributed by atoms with Crippen LogP contribution in [0.2, 0.25) is 0 Å². The van der Waals surface area contributed by atoms with E-state index in [0.717, 1.165) is 36.2 Å². The third-order valence-corrected chi connectivity index (χ3v) is 9.77. The number of aliphatic hydroxyl groups excluding tert-OH is 1. The number of hydrogen-bond acceptors (Lipinski definition) is 6. The first-order valence-corrected chi connectivity index (χ1v) is 15.4. The van der Waals surface area contributed by atoms with E-state index >= 15 is 0 Å². The second-order valence-electron chi connectivity index (χ2n) is 14.1. The summed E-state index contributed by atoms with van der Waals surface area (Å²) in [6, 6.07) is 22.8. The maximum Gasteiger partial charge on any atom is 0.266 e. The van der Waals surface area contributed by atoms with Gasteiger partial charge in [0.05, 0.1) is 35.6 Å². The Hall–Kier alpha value is -3.36. The van der Waals surface area contributed by atoms with Gasteiger partial charge >= 0.3 is 0 Å². The van der Waals surface area contributed by atoms with Crippen LogP contribution >= 0.6 is 0 Å². The molecule has 2 saturated heterocycles. The fourth-order valence-electron chi connectivity index (χ4n) is 8.32. The summed E-state index contributed by atoms with van der Waals surface area (Å²) in [4.78, 5) is 30.3. The molecular formula is C36H40N2O5. The number of carbonyl (C=O) groups excluding carboxylic acids is 2. The Morgan fingerprint density at radius 2 is 1.58 bits per heavy atom.